The lowest BCUT2D eigenvalue weighted by atomic mass is 10.1. The second-order valence-corrected chi connectivity index (χ2v) is 9.88. The van der Waals surface area contributed by atoms with Gasteiger partial charge in [0.2, 0.25) is 11.5 Å². The summed E-state index contributed by atoms with van der Waals surface area (Å²) in [5.74, 6) is -0.969. The first-order valence-corrected chi connectivity index (χ1v) is 11.9. The summed E-state index contributed by atoms with van der Waals surface area (Å²) in [5.41, 5.74) is 0.734. The van der Waals surface area contributed by atoms with Gasteiger partial charge < -0.3 is 20.1 Å². The van der Waals surface area contributed by atoms with Gasteiger partial charge in [0, 0.05) is 12.1 Å². The lowest BCUT2D eigenvalue weighted by Gasteiger charge is -2.38. The number of nitrogens with one attached hydrogen (secondary N) is 2. The number of H-pyrrole nitrogens is 1. The van der Waals surface area contributed by atoms with Crippen LogP contribution in [0.1, 0.15) is 62.2 Å². The predicted molar refractivity (Wildman–Crippen MR) is 126 cm³/mol. The number of fused-ring (bicyclic) bond motifs is 1. The highest BCUT2D eigenvalue weighted by Crippen LogP contribution is 2.22. The van der Waals surface area contributed by atoms with Gasteiger partial charge in [-0.1, -0.05) is 18.4 Å². The van der Waals surface area contributed by atoms with Crippen molar-refractivity contribution in [3.8, 4) is 5.88 Å². The van der Waals surface area contributed by atoms with Crippen LogP contribution in [0.15, 0.2) is 10.9 Å². The van der Waals surface area contributed by atoms with Crippen LogP contribution in [0.3, 0.4) is 0 Å². The molecule has 0 radical (unpaired) electrons. The Hall–Kier alpha value is -3.14. The number of amides is 2. The molecule has 1 saturated carbocycles. The van der Waals surface area contributed by atoms with E-state index in [-0.39, 0.29) is 41.4 Å². The molecule has 10 nitrogen and oxygen atoms in total. The zero-order chi connectivity index (χ0) is 24.7. The number of hydrogen-bond donors (Lipinski definition) is 3. The molecule has 10 heteroatoms. The quantitative estimate of drug-likeness (QED) is 0.430. The Bertz CT molecular complexity index is 1200. The van der Waals surface area contributed by atoms with E-state index in [0.29, 0.717) is 36.7 Å². The maximum absolute atomic E-state index is 13.3. The van der Waals surface area contributed by atoms with Crippen LogP contribution in [-0.2, 0) is 16.1 Å². The molecule has 2 aromatic heterocycles. The number of carbonyl (C=O) groups excluding carboxylic acids is 2. The topological polar surface area (TPSA) is 120 Å². The van der Waals surface area contributed by atoms with E-state index in [4.69, 9.17) is 4.74 Å². The van der Waals surface area contributed by atoms with Gasteiger partial charge in [-0.05, 0) is 45.6 Å². The number of carbonyl (C=O) groups is 2. The summed E-state index contributed by atoms with van der Waals surface area (Å²) in [5, 5.41) is 16.9. The third-order valence-electron chi connectivity index (χ3n) is 6.29. The Morgan fingerprint density at radius 1 is 1.26 bits per heavy atom. The molecule has 34 heavy (non-hydrogen) atoms. The van der Waals surface area contributed by atoms with Gasteiger partial charge in [-0.2, -0.15) is 4.57 Å². The summed E-state index contributed by atoms with van der Waals surface area (Å²) in [4.78, 5) is 40.8. The predicted octanol–water partition coefficient (Wildman–Crippen LogP) is 1.13. The minimum absolute atomic E-state index is 0.0463. The minimum Gasteiger partial charge on any atom is -0.477 e. The van der Waals surface area contributed by atoms with Gasteiger partial charge in [-0.3, -0.25) is 9.59 Å². The molecule has 1 saturated heterocycles. The van der Waals surface area contributed by atoms with E-state index in [9.17, 15) is 19.5 Å². The Morgan fingerprint density at radius 3 is 2.50 bits per heavy atom. The molecule has 1 aliphatic heterocycles. The smallest absolute Gasteiger partial charge is 0.378 e. The number of nitrogens with zero attached hydrogens (tertiary/aromatic N) is 3. The average Bonchev–Trinajstić information content (AvgIpc) is 3.50. The van der Waals surface area contributed by atoms with Crippen molar-refractivity contribution in [1.29, 1.82) is 0 Å². The van der Waals surface area contributed by atoms with Crippen LogP contribution in [0.2, 0.25) is 0 Å². The van der Waals surface area contributed by atoms with Gasteiger partial charge in [-0.15, -0.1) is 0 Å². The Morgan fingerprint density at radius 2 is 1.91 bits per heavy atom. The molecule has 2 fully saturated rings. The van der Waals surface area contributed by atoms with Gasteiger partial charge in [0.1, 0.15) is 0 Å². The minimum atomic E-state index is -0.629. The first kappa shape index (κ1) is 24.0. The van der Waals surface area contributed by atoms with E-state index in [1.54, 1.807) is 22.5 Å². The highest BCUT2D eigenvalue weighted by Gasteiger charge is 2.35. The maximum atomic E-state index is 13.3. The summed E-state index contributed by atoms with van der Waals surface area (Å²) >= 11 is 0. The van der Waals surface area contributed by atoms with E-state index < -0.39 is 11.5 Å². The number of ether oxygens (including phenoxy) is 1. The third kappa shape index (κ3) is 4.46. The number of aryl methyl sites for hydroxylation is 1. The third-order valence-corrected chi connectivity index (χ3v) is 6.29. The van der Waals surface area contributed by atoms with Crippen LogP contribution < -0.4 is 15.4 Å². The molecule has 3 N–H and O–H groups in total. The van der Waals surface area contributed by atoms with Crippen molar-refractivity contribution in [2.24, 2.45) is 5.92 Å². The lowest BCUT2D eigenvalue weighted by molar-refractivity contribution is -0.686. The Balaban J connectivity index is 1.81. The molecule has 0 bridgehead atoms. The van der Waals surface area contributed by atoms with Crippen molar-refractivity contribution in [2.75, 3.05) is 13.2 Å². The SMILES string of the molecule is Cc1[nH]n2c(=O)c(C(=O)NC3CC3)c(O)[n+](CC(C)C)c2c1/C=C/C(=O)N1[C@@H](C)COC[C@@H]1C. The fraction of sp³-hybridized carbons (Fsp3) is 0.583. The zero-order valence-corrected chi connectivity index (χ0v) is 20.4. The molecule has 2 amide bonds. The summed E-state index contributed by atoms with van der Waals surface area (Å²) in [6.45, 7) is 11.0. The number of aromatic nitrogens is 3. The van der Waals surface area contributed by atoms with Crippen LogP contribution in [0.5, 0.6) is 5.88 Å². The van der Waals surface area contributed by atoms with Crippen molar-refractivity contribution in [1.82, 2.24) is 19.8 Å². The molecule has 2 aliphatic rings. The summed E-state index contributed by atoms with van der Waals surface area (Å²) in [6.07, 6.45) is 4.89. The molecule has 3 heterocycles. The van der Waals surface area contributed by atoms with Crippen molar-refractivity contribution in [3.05, 3.63) is 33.3 Å². The number of aromatic amines is 1. The highest BCUT2D eigenvalue weighted by molar-refractivity contribution is 5.96. The van der Waals surface area contributed by atoms with Crippen molar-refractivity contribution in [2.45, 2.75) is 72.1 Å². The van der Waals surface area contributed by atoms with Gasteiger partial charge in [0.25, 0.3) is 5.91 Å². The molecular formula is C24H34N5O5+. The van der Waals surface area contributed by atoms with Gasteiger partial charge in [0.05, 0.1) is 43.1 Å². The largest absolute Gasteiger partial charge is 0.477 e. The van der Waals surface area contributed by atoms with Crippen LogP contribution in [0.25, 0.3) is 11.7 Å². The van der Waals surface area contributed by atoms with Crippen molar-refractivity contribution >= 4 is 23.5 Å². The van der Waals surface area contributed by atoms with E-state index in [0.717, 1.165) is 12.8 Å². The maximum Gasteiger partial charge on any atom is 0.378 e. The average molecular weight is 473 g/mol. The first-order valence-electron chi connectivity index (χ1n) is 11.9. The van der Waals surface area contributed by atoms with Gasteiger partial charge in [0.15, 0.2) is 0 Å². The molecule has 0 spiro atoms. The fourth-order valence-corrected chi connectivity index (χ4v) is 4.53. The van der Waals surface area contributed by atoms with E-state index in [1.807, 2.05) is 27.7 Å². The summed E-state index contributed by atoms with van der Waals surface area (Å²) in [6, 6.07) is -0.0458. The molecule has 0 aromatic carbocycles. The van der Waals surface area contributed by atoms with E-state index in [2.05, 4.69) is 10.4 Å². The van der Waals surface area contributed by atoms with Gasteiger partial charge >= 0.3 is 17.1 Å². The first-order chi connectivity index (χ1) is 16.1. The molecule has 1 aliphatic carbocycles. The van der Waals surface area contributed by atoms with Gasteiger partial charge in [-0.25, -0.2) is 9.89 Å². The second kappa shape index (κ2) is 9.25. The van der Waals surface area contributed by atoms with Crippen LogP contribution in [0.4, 0.5) is 0 Å². The Labute approximate surface area is 198 Å². The van der Waals surface area contributed by atoms with Crippen LogP contribution >= 0.6 is 0 Å². The fourth-order valence-electron chi connectivity index (χ4n) is 4.53. The normalized spacial score (nSPS) is 21.1. The van der Waals surface area contributed by atoms with Crippen LogP contribution in [0, 0.1) is 12.8 Å². The molecule has 0 unspecified atom stereocenters. The van der Waals surface area contributed by atoms with Crippen LogP contribution in [-0.4, -0.2) is 62.8 Å². The number of aromatic hydroxyl groups is 1. The highest BCUT2D eigenvalue weighted by atomic mass is 16.5. The van der Waals surface area contributed by atoms with Crippen molar-refractivity contribution in [3.63, 3.8) is 0 Å². The summed E-state index contributed by atoms with van der Waals surface area (Å²) < 4.78 is 8.37. The molecular weight excluding hydrogens is 438 g/mol. The van der Waals surface area contributed by atoms with E-state index in [1.165, 1.54) is 10.6 Å². The summed E-state index contributed by atoms with van der Waals surface area (Å²) in [7, 11) is 0. The number of rotatable bonds is 6. The molecule has 184 valence electrons. The number of morpholine rings is 1. The second-order valence-electron chi connectivity index (χ2n) is 9.88. The monoisotopic (exact) mass is 472 g/mol. The number of hydrogen-bond acceptors (Lipinski definition) is 5. The van der Waals surface area contributed by atoms with Crippen molar-refractivity contribution < 1.29 is 24.0 Å². The molecule has 2 aromatic rings. The zero-order valence-electron chi connectivity index (χ0n) is 20.4. The van der Waals surface area contributed by atoms with E-state index >= 15 is 0 Å². The molecule has 2 atom stereocenters. The standard InChI is InChI=1S/C24H33N5O5/c1-13(2)10-27-22-18(8-9-19(30)28-14(3)11-34-12-15(28)4)16(5)26-29(22)24(33)20(23(27)32)21(31)25-17-6-7-17/h8-9,13-15,17H,6-7,10-12H2,1-5H3,(H2,25,31,32,33)/p+1/b9-8+/t14-,15-/m0/s1. The molecule has 4 rings (SSSR count). The Kier molecular flexibility index (Phi) is 6.53. The lowest BCUT2D eigenvalue weighted by Crippen LogP contribution is -2.51.